The highest BCUT2D eigenvalue weighted by atomic mass is 16.3. The van der Waals surface area contributed by atoms with E-state index in [1.54, 1.807) is 0 Å². The molecule has 0 saturated carbocycles. The van der Waals surface area contributed by atoms with Crippen LogP contribution >= 0.6 is 0 Å². The first kappa shape index (κ1) is 9.41. The van der Waals surface area contributed by atoms with Crippen LogP contribution in [0.1, 0.15) is 6.92 Å². The van der Waals surface area contributed by atoms with Crippen molar-refractivity contribution in [3.8, 4) is 6.07 Å². The molecule has 0 aromatic rings. The van der Waals surface area contributed by atoms with Gasteiger partial charge in [-0.3, -0.25) is 0 Å². The first-order valence-electron chi connectivity index (χ1n) is 3.28. The van der Waals surface area contributed by atoms with E-state index in [1.165, 1.54) is 0 Å². The summed E-state index contributed by atoms with van der Waals surface area (Å²) in [7, 11) is 5.85. The molecular weight excluding hydrogens is 128 g/mol. The number of nitrogens with zero attached hydrogens (tertiary/aromatic N) is 2. The van der Waals surface area contributed by atoms with Gasteiger partial charge >= 0.3 is 0 Å². The standard InChI is InChI=1S/C7H15N2O/c1-6(7(10)5-8)9(2,3)4/h6-7,10H,1-4H3/q+1. The van der Waals surface area contributed by atoms with E-state index in [0.29, 0.717) is 4.48 Å². The van der Waals surface area contributed by atoms with Crippen molar-refractivity contribution in [2.75, 3.05) is 21.1 Å². The molecule has 0 rings (SSSR count). The van der Waals surface area contributed by atoms with Crippen LogP contribution < -0.4 is 0 Å². The zero-order chi connectivity index (χ0) is 8.36. The largest absolute Gasteiger partial charge is 0.373 e. The maximum Gasteiger partial charge on any atom is 0.192 e. The van der Waals surface area contributed by atoms with Gasteiger partial charge in [0, 0.05) is 0 Å². The lowest BCUT2D eigenvalue weighted by Gasteiger charge is -2.32. The number of quaternary nitrogens is 1. The van der Waals surface area contributed by atoms with E-state index in [2.05, 4.69) is 0 Å². The summed E-state index contributed by atoms with van der Waals surface area (Å²) in [5, 5.41) is 17.4. The van der Waals surface area contributed by atoms with Crippen molar-refractivity contribution in [1.82, 2.24) is 0 Å². The summed E-state index contributed by atoms with van der Waals surface area (Å²) in [6, 6.07) is 1.77. The molecule has 2 unspecified atom stereocenters. The Labute approximate surface area is 62.1 Å². The van der Waals surface area contributed by atoms with Crippen LogP contribution in [0.4, 0.5) is 0 Å². The van der Waals surface area contributed by atoms with Crippen LogP contribution in [0.3, 0.4) is 0 Å². The molecule has 0 bridgehead atoms. The van der Waals surface area contributed by atoms with Crippen molar-refractivity contribution in [3.63, 3.8) is 0 Å². The minimum Gasteiger partial charge on any atom is -0.373 e. The van der Waals surface area contributed by atoms with Gasteiger partial charge in [0.2, 0.25) is 0 Å². The lowest BCUT2D eigenvalue weighted by Crippen LogP contribution is -2.49. The molecule has 1 N–H and O–H groups in total. The number of aliphatic hydroxyl groups is 1. The van der Waals surface area contributed by atoms with Gasteiger partial charge < -0.3 is 9.59 Å². The summed E-state index contributed by atoms with van der Waals surface area (Å²) in [4.78, 5) is 0. The van der Waals surface area contributed by atoms with Crippen LogP contribution in [0.25, 0.3) is 0 Å². The van der Waals surface area contributed by atoms with Crippen LogP contribution in [0.5, 0.6) is 0 Å². The SMILES string of the molecule is CC(C(O)C#N)[N+](C)(C)C. The van der Waals surface area contributed by atoms with Crippen LogP contribution in [-0.2, 0) is 0 Å². The van der Waals surface area contributed by atoms with E-state index in [4.69, 9.17) is 10.4 Å². The average molecular weight is 143 g/mol. The Bertz CT molecular complexity index is 143. The second-order valence-corrected chi connectivity index (χ2v) is 3.43. The van der Waals surface area contributed by atoms with E-state index in [-0.39, 0.29) is 6.04 Å². The van der Waals surface area contributed by atoms with E-state index in [1.807, 2.05) is 34.1 Å². The minimum absolute atomic E-state index is 0.0370. The van der Waals surface area contributed by atoms with Crippen molar-refractivity contribution < 1.29 is 9.59 Å². The van der Waals surface area contributed by atoms with Gasteiger partial charge in [0.1, 0.15) is 12.1 Å². The summed E-state index contributed by atoms with van der Waals surface area (Å²) in [5.41, 5.74) is 0. The summed E-state index contributed by atoms with van der Waals surface area (Å²) in [6.07, 6.45) is -0.861. The molecule has 58 valence electrons. The van der Waals surface area contributed by atoms with Crippen molar-refractivity contribution in [1.29, 1.82) is 5.26 Å². The van der Waals surface area contributed by atoms with E-state index >= 15 is 0 Å². The van der Waals surface area contributed by atoms with Crippen LogP contribution in [-0.4, -0.2) is 42.9 Å². The molecule has 3 nitrogen and oxygen atoms in total. The number of nitriles is 1. The molecule has 0 aromatic carbocycles. The summed E-state index contributed by atoms with van der Waals surface area (Å²) < 4.78 is 0.606. The first-order valence-corrected chi connectivity index (χ1v) is 3.28. The molecule has 0 saturated heterocycles. The highest BCUT2D eigenvalue weighted by Gasteiger charge is 2.25. The van der Waals surface area contributed by atoms with Gasteiger partial charge in [-0.05, 0) is 6.92 Å². The molecular formula is C7H15N2O+. The molecule has 0 spiro atoms. The number of likely N-dealkylation sites (N-methyl/N-ethyl adjacent to an activating group) is 1. The van der Waals surface area contributed by atoms with Gasteiger partial charge in [-0.2, -0.15) is 5.26 Å². The maximum absolute atomic E-state index is 9.09. The average Bonchev–Trinajstić information content (AvgIpc) is 1.83. The van der Waals surface area contributed by atoms with Gasteiger partial charge in [0.05, 0.1) is 21.1 Å². The molecule has 0 heterocycles. The van der Waals surface area contributed by atoms with Crippen molar-refractivity contribution >= 4 is 0 Å². The smallest absolute Gasteiger partial charge is 0.192 e. The fourth-order valence-electron chi connectivity index (χ4n) is 0.531. The molecule has 0 amide bonds. The van der Waals surface area contributed by atoms with Gasteiger partial charge in [-0.1, -0.05) is 0 Å². The van der Waals surface area contributed by atoms with Crippen LogP contribution in [0, 0.1) is 11.3 Å². The Morgan fingerprint density at radius 1 is 1.40 bits per heavy atom. The van der Waals surface area contributed by atoms with Crippen molar-refractivity contribution in [2.45, 2.75) is 19.1 Å². The Morgan fingerprint density at radius 3 is 1.90 bits per heavy atom. The lowest BCUT2D eigenvalue weighted by atomic mass is 10.1. The monoisotopic (exact) mass is 143 g/mol. The second-order valence-electron chi connectivity index (χ2n) is 3.43. The summed E-state index contributed by atoms with van der Waals surface area (Å²) in [6.45, 7) is 1.86. The Hall–Kier alpha value is -0.590. The second kappa shape index (κ2) is 3.00. The van der Waals surface area contributed by atoms with Gasteiger partial charge in [-0.25, -0.2) is 0 Å². The van der Waals surface area contributed by atoms with Crippen molar-refractivity contribution in [2.24, 2.45) is 0 Å². The fraction of sp³-hybridized carbons (Fsp3) is 0.857. The molecule has 0 radical (unpaired) electrons. The molecule has 0 aliphatic carbocycles. The predicted molar refractivity (Wildman–Crippen MR) is 39.1 cm³/mol. The Morgan fingerprint density at radius 2 is 1.80 bits per heavy atom. The Kier molecular flexibility index (Phi) is 2.82. The highest BCUT2D eigenvalue weighted by Crippen LogP contribution is 2.05. The van der Waals surface area contributed by atoms with E-state index in [0.717, 1.165) is 0 Å². The number of hydrogen-bond acceptors (Lipinski definition) is 2. The Balaban J connectivity index is 4.11. The number of hydrogen-bond donors (Lipinski definition) is 1. The third-order valence-electron chi connectivity index (χ3n) is 1.81. The number of aliphatic hydroxyl groups excluding tert-OH is 1. The molecule has 0 fully saturated rings. The minimum atomic E-state index is -0.861. The predicted octanol–water partition coefficient (Wildman–Crippen LogP) is -0.0344. The summed E-state index contributed by atoms with van der Waals surface area (Å²) in [5.74, 6) is 0. The topological polar surface area (TPSA) is 44.0 Å². The molecule has 0 aliphatic rings. The maximum atomic E-state index is 9.09. The lowest BCUT2D eigenvalue weighted by molar-refractivity contribution is -0.896. The third-order valence-corrected chi connectivity index (χ3v) is 1.81. The quantitative estimate of drug-likeness (QED) is 0.435. The molecule has 0 aliphatic heterocycles. The van der Waals surface area contributed by atoms with Crippen LogP contribution in [0.15, 0.2) is 0 Å². The number of rotatable bonds is 2. The zero-order valence-corrected chi connectivity index (χ0v) is 7.00. The van der Waals surface area contributed by atoms with Crippen LogP contribution in [0.2, 0.25) is 0 Å². The van der Waals surface area contributed by atoms with Gasteiger partial charge in [0.25, 0.3) is 0 Å². The first-order chi connectivity index (χ1) is 4.39. The molecule has 10 heavy (non-hydrogen) atoms. The normalized spacial score (nSPS) is 17.6. The highest BCUT2D eigenvalue weighted by molar-refractivity contribution is 4.86. The van der Waals surface area contributed by atoms with E-state index in [9.17, 15) is 0 Å². The van der Waals surface area contributed by atoms with Gasteiger partial charge in [0.15, 0.2) is 6.10 Å². The molecule has 2 atom stereocenters. The zero-order valence-electron chi connectivity index (χ0n) is 7.00. The van der Waals surface area contributed by atoms with E-state index < -0.39 is 6.10 Å². The van der Waals surface area contributed by atoms with Gasteiger partial charge in [-0.15, -0.1) is 0 Å². The fourth-order valence-corrected chi connectivity index (χ4v) is 0.531. The third kappa shape index (κ3) is 2.34. The van der Waals surface area contributed by atoms with Crippen molar-refractivity contribution in [3.05, 3.63) is 0 Å². The summed E-state index contributed by atoms with van der Waals surface area (Å²) >= 11 is 0. The molecule has 3 heteroatoms. The molecule has 0 aromatic heterocycles.